The molecular formula is C22H21N5O2. The molecule has 0 bridgehead atoms. The Morgan fingerprint density at radius 3 is 2.48 bits per heavy atom. The molecule has 7 nitrogen and oxygen atoms in total. The summed E-state index contributed by atoms with van der Waals surface area (Å²) < 4.78 is 5.16. The molecule has 3 aromatic rings. The lowest BCUT2D eigenvalue weighted by Gasteiger charge is -2.10. The molecule has 0 saturated heterocycles. The Kier molecular flexibility index (Phi) is 6.38. The van der Waals surface area contributed by atoms with Crippen molar-refractivity contribution in [3.8, 4) is 11.8 Å². The number of aromatic nitrogens is 2. The molecule has 2 N–H and O–H groups in total. The lowest BCUT2D eigenvalue weighted by atomic mass is 10.1. The molecule has 0 radical (unpaired) electrons. The second-order valence-electron chi connectivity index (χ2n) is 6.35. The van der Waals surface area contributed by atoms with Gasteiger partial charge in [-0.1, -0.05) is 12.1 Å². The Hall–Kier alpha value is -3.92. The van der Waals surface area contributed by atoms with Crippen LogP contribution in [0.25, 0.3) is 0 Å². The molecule has 146 valence electrons. The monoisotopic (exact) mass is 387 g/mol. The van der Waals surface area contributed by atoms with Crippen molar-refractivity contribution in [1.29, 1.82) is 5.26 Å². The first-order valence-electron chi connectivity index (χ1n) is 9.11. The number of rotatable bonds is 7. The van der Waals surface area contributed by atoms with Crippen LogP contribution in [0.1, 0.15) is 27.4 Å². The third kappa shape index (κ3) is 5.53. The van der Waals surface area contributed by atoms with Crippen LogP contribution in [0.15, 0.2) is 54.6 Å². The van der Waals surface area contributed by atoms with E-state index in [1.165, 1.54) is 5.56 Å². The summed E-state index contributed by atoms with van der Waals surface area (Å²) in [5.41, 5.74) is 2.57. The summed E-state index contributed by atoms with van der Waals surface area (Å²) in [6, 6.07) is 18.2. The van der Waals surface area contributed by atoms with Gasteiger partial charge in [-0.3, -0.25) is 4.79 Å². The van der Waals surface area contributed by atoms with Gasteiger partial charge in [0.15, 0.2) is 0 Å². The van der Waals surface area contributed by atoms with Crippen molar-refractivity contribution >= 4 is 17.4 Å². The lowest BCUT2D eigenvalue weighted by Crippen LogP contribution is -2.16. The second-order valence-corrected chi connectivity index (χ2v) is 6.35. The van der Waals surface area contributed by atoms with E-state index in [9.17, 15) is 4.79 Å². The van der Waals surface area contributed by atoms with Crippen molar-refractivity contribution in [2.45, 2.75) is 13.3 Å². The number of methoxy groups -OCH3 is 1. The number of carbonyl (C=O) groups is 1. The van der Waals surface area contributed by atoms with Crippen molar-refractivity contribution in [3.05, 3.63) is 77.2 Å². The quantitative estimate of drug-likeness (QED) is 0.643. The van der Waals surface area contributed by atoms with E-state index in [1.54, 1.807) is 44.4 Å². The molecule has 1 aromatic heterocycles. The molecule has 29 heavy (non-hydrogen) atoms. The highest BCUT2D eigenvalue weighted by Gasteiger charge is 2.11. The van der Waals surface area contributed by atoms with E-state index in [-0.39, 0.29) is 11.6 Å². The summed E-state index contributed by atoms with van der Waals surface area (Å²) in [5, 5.41) is 14.9. The average molecular weight is 387 g/mol. The van der Waals surface area contributed by atoms with Gasteiger partial charge in [-0.25, -0.2) is 9.97 Å². The predicted molar refractivity (Wildman–Crippen MR) is 111 cm³/mol. The first-order valence-corrected chi connectivity index (χ1v) is 9.11. The van der Waals surface area contributed by atoms with Gasteiger partial charge < -0.3 is 15.4 Å². The summed E-state index contributed by atoms with van der Waals surface area (Å²) in [6.07, 6.45) is 0.805. The molecule has 7 heteroatoms. The summed E-state index contributed by atoms with van der Waals surface area (Å²) >= 11 is 0. The number of aryl methyl sites for hydroxylation is 1. The van der Waals surface area contributed by atoms with Crippen LogP contribution in [-0.2, 0) is 6.42 Å². The molecule has 0 unspecified atom stereocenters. The minimum atomic E-state index is -0.335. The fourth-order valence-electron chi connectivity index (χ4n) is 2.72. The Balaban J connectivity index is 1.62. The fourth-order valence-corrected chi connectivity index (χ4v) is 2.72. The van der Waals surface area contributed by atoms with Crippen LogP contribution < -0.4 is 15.4 Å². The minimum absolute atomic E-state index is 0.272. The van der Waals surface area contributed by atoms with E-state index in [0.29, 0.717) is 29.4 Å². The third-order valence-electron chi connectivity index (χ3n) is 4.22. The number of carbonyl (C=O) groups excluding carboxylic acids is 1. The topological polar surface area (TPSA) is 99.9 Å². The van der Waals surface area contributed by atoms with Gasteiger partial charge in [0.1, 0.15) is 23.1 Å². The first-order chi connectivity index (χ1) is 14.1. The third-order valence-corrected chi connectivity index (χ3v) is 4.22. The summed E-state index contributed by atoms with van der Waals surface area (Å²) in [4.78, 5) is 21.1. The van der Waals surface area contributed by atoms with Gasteiger partial charge in [0.25, 0.3) is 5.91 Å². The van der Waals surface area contributed by atoms with Crippen LogP contribution in [0.5, 0.6) is 5.75 Å². The van der Waals surface area contributed by atoms with Crippen LogP contribution in [0.4, 0.5) is 11.5 Å². The fraction of sp³-hybridized carbons (Fsp3) is 0.182. The van der Waals surface area contributed by atoms with Gasteiger partial charge in [0.2, 0.25) is 0 Å². The number of ether oxygens (including phenoxy) is 1. The molecule has 0 saturated carbocycles. The molecule has 0 aliphatic heterocycles. The zero-order valence-corrected chi connectivity index (χ0v) is 16.3. The molecule has 0 atom stereocenters. The lowest BCUT2D eigenvalue weighted by molar-refractivity contribution is 0.102. The van der Waals surface area contributed by atoms with Crippen molar-refractivity contribution in [2.24, 2.45) is 0 Å². The average Bonchev–Trinajstić information content (AvgIpc) is 2.74. The predicted octanol–water partition coefficient (Wildman–Crippen LogP) is 3.57. The standard InChI is InChI=1S/C22H21N5O2/c1-15-25-20(22(28)27-18-7-3-17(14-23)4-8-18)13-21(26-15)24-12-11-16-5-9-19(29-2)10-6-16/h3-10,13H,11-12H2,1-2H3,(H,27,28)(H,24,25,26). The molecule has 1 heterocycles. The number of anilines is 2. The van der Waals surface area contributed by atoms with Crippen LogP contribution in [-0.4, -0.2) is 29.5 Å². The zero-order chi connectivity index (χ0) is 20.6. The first kappa shape index (κ1) is 19.8. The van der Waals surface area contributed by atoms with E-state index >= 15 is 0 Å². The maximum atomic E-state index is 12.5. The highest BCUT2D eigenvalue weighted by molar-refractivity contribution is 6.03. The maximum Gasteiger partial charge on any atom is 0.274 e. The number of nitriles is 1. The number of amides is 1. The van der Waals surface area contributed by atoms with E-state index in [4.69, 9.17) is 10.00 Å². The maximum absolute atomic E-state index is 12.5. The number of nitrogens with zero attached hydrogens (tertiary/aromatic N) is 3. The number of hydrogen-bond acceptors (Lipinski definition) is 6. The van der Waals surface area contributed by atoms with E-state index in [2.05, 4.69) is 20.6 Å². The largest absolute Gasteiger partial charge is 0.497 e. The van der Waals surface area contributed by atoms with Crippen molar-refractivity contribution in [3.63, 3.8) is 0 Å². The Bertz CT molecular complexity index is 1020. The van der Waals surface area contributed by atoms with Crippen LogP contribution in [0, 0.1) is 18.3 Å². The van der Waals surface area contributed by atoms with Gasteiger partial charge in [-0.15, -0.1) is 0 Å². The van der Waals surface area contributed by atoms with E-state index < -0.39 is 0 Å². The van der Waals surface area contributed by atoms with Gasteiger partial charge in [0.05, 0.1) is 18.7 Å². The minimum Gasteiger partial charge on any atom is -0.497 e. The summed E-state index contributed by atoms with van der Waals surface area (Å²) in [6.45, 7) is 2.41. The molecular weight excluding hydrogens is 366 g/mol. The van der Waals surface area contributed by atoms with Gasteiger partial charge in [0, 0.05) is 18.3 Å². The van der Waals surface area contributed by atoms with E-state index in [0.717, 1.165) is 12.2 Å². The SMILES string of the molecule is COc1ccc(CCNc2cc(C(=O)Nc3ccc(C#N)cc3)nc(C)n2)cc1. The van der Waals surface area contributed by atoms with Gasteiger partial charge in [-0.2, -0.15) is 5.26 Å². The van der Waals surface area contributed by atoms with Crippen LogP contribution in [0.2, 0.25) is 0 Å². The van der Waals surface area contributed by atoms with E-state index in [1.807, 2.05) is 30.3 Å². The molecule has 1 amide bonds. The molecule has 0 aliphatic carbocycles. The molecule has 0 spiro atoms. The summed E-state index contributed by atoms with van der Waals surface area (Å²) in [5.74, 6) is 1.59. The number of hydrogen-bond donors (Lipinski definition) is 2. The van der Waals surface area contributed by atoms with Crippen LogP contribution in [0.3, 0.4) is 0 Å². The Morgan fingerprint density at radius 1 is 1.10 bits per heavy atom. The van der Waals surface area contributed by atoms with Gasteiger partial charge in [-0.05, 0) is 55.3 Å². The Morgan fingerprint density at radius 2 is 1.83 bits per heavy atom. The highest BCUT2D eigenvalue weighted by Crippen LogP contribution is 2.14. The van der Waals surface area contributed by atoms with Crippen LogP contribution >= 0.6 is 0 Å². The van der Waals surface area contributed by atoms with Crippen molar-refractivity contribution in [1.82, 2.24) is 9.97 Å². The molecule has 3 rings (SSSR count). The molecule has 0 fully saturated rings. The Labute approximate surface area is 169 Å². The second kappa shape index (κ2) is 9.33. The van der Waals surface area contributed by atoms with Crippen molar-refractivity contribution in [2.75, 3.05) is 24.3 Å². The molecule has 0 aliphatic rings. The molecule has 2 aromatic carbocycles. The number of benzene rings is 2. The van der Waals surface area contributed by atoms with Crippen molar-refractivity contribution < 1.29 is 9.53 Å². The number of nitrogens with one attached hydrogen (secondary N) is 2. The smallest absolute Gasteiger partial charge is 0.274 e. The summed E-state index contributed by atoms with van der Waals surface area (Å²) in [7, 11) is 1.64. The zero-order valence-electron chi connectivity index (χ0n) is 16.3. The normalized spacial score (nSPS) is 10.1. The highest BCUT2D eigenvalue weighted by atomic mass is 16.5. The van der Waals surface area contributed by atoms with Gasteiger partial charge >= 0.3 is 0 Å².